The van der Waals surface area contributed by atoms with Gasteiger partial charge in [0, 0.05) is 37.3 Å². The first-order valence-electron chi connectivity index (χ1n) is 8.73. The molecule has 0 saturated carbocycles. The van der Waals surface area contributed by atoms with E-state index in [1.54, 1.807) is 17.0 Å². The highest BCUT2D eigenvalue weighted by atomic mass is 16.5. The van der Waals surface area contributed by atoms with E-state index in [0.717, 1.165) is 12.1 Å². The Hall–Kier alpha value is -2.31. The average Bonchev–Trinajstić information content (AvgIpc) is 2.59. The summed E-state index contributed by atoms with van der Waals surface area (Å²) in [5, 5.41) is 2.81. The first-order valence-corrected chi connectivity index (χ1v) is 8.73. The first-order chi connectivity index (χ1) is 11.9. The summed E-state index contributed by atoms with van der Waals surface area (Å²) in [6.07, 6.45) is 0.984. The molecule has 7 heteroatoms. The number of esters is 1. The summed E-state index contributed by atoms with van der Waals surface area (Å²) in [5.41, 5.74) is 1.02. The van der Waals surface area contributed by atoms with Gasteiger partial charge in [0.15, 0.2) is 0 Å². The molecule has 136 valence electrons. The number of carbonyl (C=O) groups excluding carboxylic acids is 2. The van der Waals surface area contributed by atoms with Crippen LogP contribution in [0.15, 0.2) is 23.0 Å². The fourth-order valence-corrected chi connectivity index (χ4v) is 3.91. The van der Waals surface area contributed by atoms with Gasteiger partial charge in [0.05, 0.1) is 7.11 Å². The third-order valence-electron chi connectivity index (χ3n) is 5.17. The van der Waals surface area contributed by atoms with Gasteiger partial charge in [0.1, 0.15) is 6.04 Å². The van der Waals surface area contributed by atoms with Crippen LogP contribution in [0.1, 0.15) is 31.9 Å². The van der Waals surface area contributed by atoms with Crippen molar-refractivity contribution in [3.05, 3.63) is 34.2 Å². The minimum absolute atomic E-state index is 0.0238. The molecule has 3 heterocycles. The summed E-state index contributed by atoms with van der Waals surface area (Å²) in [6.45, 7) is 5.53. The fourth-order valence-electron chi connectivity index (χ4n) is 3.91. The molecule has 0 aromatic carbocycles. The van der Waals surface area contributed by atoms with Crippen molar-refractivity contribution in [2.75, 3.05) is 20.2 Å². The summed E-state index contributed by atoms with van der Waals surface area (Å²) in [7, 11) is 1.32. The third kappa shape index (κ3) is 3.41. The van der Waals surface area contributed by atoms with E-state index in [0.29, 0.717) is 19.6 Å². The van der Waals surface area contributed by atoms with Crippen LogP contribution in [0.25, 0.3) is 0 Å². The summed E-state index contributed by atoms with van der Waals surface area (Å²) >= 11 is 0. The predicted molar refractivity (Wildman–Crippen MR) is 92.3 cm³/mol. The van der Waals surface area contributed by atoms with Crippen molar-refractivity contribution in [3.8, 4) is 0 Å². The van der Waals surface area contributed by atoms with E-state index in [9.17, 15) is 14.4 Å². The molecule has 2 bridgehead atoms. The maximum absolute atomic E-state index is 12.7. The second-order valence-electron chi connectivity index (χ2n) is 7.30. The van der Waals surface area contributed by atoms with Gasteiger partial charge in [0.25, 0.3) is 5.56 Å². The van der Waals surface area contributed by atoms with Crippen molar-refractivity contribution in [1.29, 1.82) is 0 Å². The number of urea groups is 1. The van der Waals surface area contributed by atoms with Gasteiger partial charge in [0.2, 0.25) is 0 Å². The SMILES string of the molecule is COC(=O)[C@@H](NC(=O)N1C[C@@H]2C[C@@H](C1)c1cccc(=O)n1C2)C(C)C. The standard InChI is InChI=1S/C18H25N3O4/c1-11(2)16(17(23)25-3)19-18(24)20-8-12-7-13(10-20)14-5-4-6-15(22)21(14)9-12/h4-6,11-13,16H,7-10H2,1-3H3,(H,19,24)/t12-,13-,16-/m0/s1. The van der Waals surface area contributed by atoms with Crippen LogP contribution >= 0.6 is 0 Å². The fraction of sp³-hybridized carbons (Fsp3) is 0.611. The van der Waals surface area contributed by atoms with E-state index in [1.165, 1.54) is 7.11 Å². The predicted octanol–water partition coefficient (Wildman–Crippen LogP) is 1.17. The number of piperidine rings is 1. The molecule has 1 N–H and O–H groups in total. The molecular weight excluding hydrogens is 322 g/mol. The lowest BCUT2D eigenvalue weighted by Crippen LogP contribution is -2.55. The van der Waals surface area contributed by atoms with Crippen molar-refractivity contribution >= 4 is 12.0 Å². The summed E-state index contributed by atoms with van der Waals surface area (Å²) in [5.74, 6) is -0.0760. The summed E-state index contributed by atoms with van der Waals surface area (Å²) in [4.78, 5) is 38.4. The van der Waals surface area contributed by atoms with E-state index in [1.807, 2.05) is 24.5 Å². The van der Waals surface area contributed by atoms with Gasteiger partial charge < -0.3 is 19.5 Å². The van der Waals surface area contributed by atoms with Crippen LogP contribution in [0, 0.1) is 11.8 Å². The van der Waals surface area contributed by atoms with E-state index in [-0.39, 0.29) is 29.3 Å². The summed E-state index contributed by atoms with van der Waals surface area (Å²) in [6, 6.07) is 4.42. The van der Waals surface area contributed by atoms with Crippen LogP contribution in [-0.4, -0.2) is 47.7 Å². The molecule has 25 heavy (non-hydrogen) atoms. The lowest BCUT2D eigenvalue weighted by molar-refractivity contribution is -0.144. The van der Waals surface area contributed by atoms with Gasteiger partial charge >= 0.3 is 12.0 Å². The molecule has 0 aliphatic carbocycles. The normalized spacial score (nSPS) is 23.0. The Morgan fingerprint density at radius 2 is 2.00 bits per heavy atom. The Morgan fingerprint density at radius 3 is 2.68 bits per heavy atom. The van der Waals surface area contributed by atoms with Crippen molar-refractivity contribution in [3.63, 3.8) is 0 Å². The average molecular weight is 347 g/mol. The smallest absolute Gasteiger partial charge is 0.328 e. The largest absolute Gasteiger partial charge is 0.467 e. The Kier molecular flexibility index (Phi) is 4.83. The molecule has 3 rings (SSSR count). The molecule has 0 unspecified atom stereocenters. The van der Waals surface area contributed by atoms with Gasteiger partial charge in [-0.15, -0.1) is 0 Å². The molecule has 2 aliphatic heterocycles. The third-order valence-corrected chi connectivity index (χ3v) is 5.17. The number of nitrogens with zero attached hydrogens (tertiary/aromatic N) is 2. The number of hydrogen-bond donors (Lipinski definition) is 1. The quantitative estimate of drug-likeness (QED) is 0.833. The minimum Gasteiger partial charge on any atom is -0.467 e. The first kappa shape index (κ1) is 17.5. The van der Waals surface area contributed by atoms with E-state index >= 15 is 0 Å². The summed E-state index contributed by atoms with van der Waals surface area (Å²) < 4.78 is 6.62. The number of amides is 2. The number of rotatable bonds is 3. The Morgan fingerprint density at radius 1 is 1.24 bits per heavy atom. The molecule has 3 atom stereocenters. The number of ether oxygens (including phenoxy) is 1. The molecule has 7 nitrogen and oxygen atoms in total. The number of hydrogen-bond acceptors (Lipinski definition) is 4. The van der Waals surface area contributed by atoms with E-state index in [4.69, 9.17) is 4.74 Å². The van der Waals surface area contributed by atoms with Crippen LogP contribution in [0.3, 0.4) is 0 Å². The molecule has 1 fully saturated rings. The van der Waals surface area contributed by atoms with Gasteiger partial charge in [-0.25, -0.2) is 9.59 Å². The number of nitrogens with one attached hydrogen (secondary N) is 1. The van der Waals surface area contributed by atoms with Crippen LogP contribution < -0.4 is 10.9 Å². The van der Waals surface area contributed by atoms with Gasteiger partial charge in [-0.1, -0.05) is 19.9 Å². The highest BCUT2D eigenvalue weighted by Crippen LogP contribution is 2.34. The molecule has 1 aromatic rings. The van der Waals surface area contributed by atoms with E-state index < -0.39 is 12.0 Å². The number of likely N-dealkylation sites (tertiary alicyclic amines) is 1. The van der Waals surface area contributed by atoms with Crippen LogP contribution in [-0.2, 0) is 16.1 Å². The molecule has 0 radical (unpaired) electrons. The van der Waals surface area contributed by atoms with Gasteiger partial charge in [-0.05, 0) is 24.3 Å². The topological polar surface area (TPSA) is 80.6 Å². The van der Waals surface area contributed by atoms with Crippen molar-refractivity contribution in [2.24, 2.45) is 11.8 Å². The van der Waals surface area contributed by atoms with Crippen molar-refractivity contribution in [2.45, 2.75) is 38.8 Å². The number of aromatic nitrogens is 1. The minimum atomic E-state index is -0.658. The maximum atomic E-state index is 12.7. The zero-order valence-corrected chi connectivity index (χ0v) is 14.9. The number of pyridine rings is 1. The lowest BCUT2D eigenvalue weighted by atomic mass is 9.83. The Balaban J connectivity index is 1.75. The van der Waals surface area contributed by atoms with Crippen LogP contribution in [0.4, 0.5) is 4.79 Å². The zero-order valence-electron chi connectivity index (χ0n) is 14.9. The molecule has 1 aromatic heterocycles. The zero-order chi connectivity index (χ0) is 18.1. The number of methoxy groups -OCH3 is 1. The van der Waals surface area contributed by atoms with Crippen LogP contribution in [0.5, 0.6) is 0 Å². The Labute approximate surface area is 147 Å². The van der Waals surface area contributed by atoms with Crippen LogP contribution in [0.2, 0.25) is 0 Å². The lowest BCUT2D eigenvalue weighted by Gasteiger charge is -2.43. The monoisotopic (exact) mass is 347 g/mol. The number of carbonyl (C=O) groups is 2. The highest BCUT2D eigenvalue weighted by Gasteiger charge is 2.37. The second-order valence-corrected chi connectivity index (χ2v) is 7.30. The number of fused-ring (bicyclic) bond motifs is 4. The van der Waals surface area contributed by atoms with Gasteiger partial charge in [-0.3, -0.25) is 4.79 Å². The Bertz CT molecular complexity index is 727. The molecule has 0 spiro atoms. The second kappa shape index (κ2) is 6.90. The molecule has 2 amide bonds. The highest BCUT2D eigenvalue weighted by molar-refractivity contribution is 5.83. The molecule has 1 saturated heterocycles. The van der Waals surface area contributed by atoms with Crippen molar-refractivity contribution in [1.82, 2.24) is 14.8 Å². The van der Waals surface area contributed by atoms with E-state index in [2.05, 4.69) is 5.32 Å². The maximum Gasteiger partial charge on any atom is 0.328 e. The molecule has 2 aliphatic rings. The van der Waals surface area contributed by atoms with Gasteiger partial charge in [-0.2, -0.15) is 0 Å². The van der Waals surface area contributed by atoms with Crippen molar-refractivity contribution < 1.29 is 14.3 Å². The molecular formula is C18H25N3O4.